The third-order valence-electron chi connectivity index (χ3n) is 2.56. The highest BCUT2D eigenvalue weighted by molar-refractivity contribution is 5.91. The summed E-state index contributed by atoms with van der Waals surface area (Å²) < 4.78 is 23.0. The number of rotatable bonds is 5. The molecule has 0 unspecified atom stereocenters. The van der Waals surface area contributed by atoms with E-state index in [0.717, 1.165) is 0 Å². The summed E-state index contributed by atoms with van der Waals surface area (Å²) in [5.41, 5.74) is 0.523. The first-order valence-corrected chi connectivity index (χ1v) is 5.99. The minimum Gasteiger partial charge on any atom is -0.497 e. The summed E-state index contributed by atoms with van der Waals surface area (Å²) in [5.74, 6) is 0.623. The van der Waals surface area contributed by atoms with Gasteiger partial charge in [0.05, 0.1) is 7.11 Å². The van der Waals surface area contributed by atoms with Crippen LogP contribution >= 0.6 is 0 Å². The van der Waals surface area contributed by atoms with E-state index in [0.29, 0.717) is 17.2 Å². The molecule has 0 fully saturated rings. The van der Waals surface area contributed by atoms with Crippen molar-refractivity contribution < 1.29 is 18.7 Å². The molecule has 0 bridgehead atoms. The van der Waals surface area contributed by atoms with E-state index < -0.39 is 0 Å². The molecule has 0 aliphatic carbocycles. The maximum Gasteiger partial charge on any atom is 0.262 e. The normalized spacial score (nSPS) is 9.90. The lowest BCUT2D eigenvalue weighted by atomic mass is 10.3. The van der Waals surface area contributed by atoms with E-state index in [9.17, 15) is 9.18 Å². The zero-order valence-corrected chi connectivity index (χ0v) is 10.9. The molecule has 1 N–H and O–H groups in total. The minimum absolute atomic E-state index is 0.121. The first kappa shape index (κ1) is 13.9. The summed E-state index contributed by atoms with van der Waals surface area (Å²) in [5, 5.41) is 2.61. The van der Waals surface area contributed by atoms with E-state index in [1.54, 1.807) is 31.4 Å². The molecular weight excluding hydrogens is 261 g/mol. The number of halogens is 1. The van der Waals surface area contributed by atoms with Crippen molar-refractivity contribution >= 4 is 11.6 Å². The van der Waals surface area contributed by atoms with Crippen LogP contribution in [0.1, 0.15) is 0 Å². The number of ether oxygens (including phenoxy) is 2. The van der Waals surface area contributed by atoms with E-state index in [1.807, 2.05) is 0 Å². The van der Waals surface area contributed by atoms with Gasteiger partial charge < -0.3 is 14.8 Å². The molecule has 0 saturated carbocycles. The van der Waals surface area contributed by atoms with Crippen LogP contribution in [0, 0.1) is 5.82 Å². The summed E-state index contributed by atoms with van der Waals surface area (Å²) in [6.45, 7) is -0.121. The summed E-state index contributed by atoms with van der Waals surface area (Å²) in [4.78, 5) is 11.6. The number of carbonyl (C=O) groups is 1. The number of anilines is 1. The highest BCUT2D eigenvalue weighted by Crippen LogP contribution is 2.17. The Hall–Kier alpha value is -2.56. The van der Waals surface area contributed by atoms with Crippen LogP contribution in [0.5, 0.6) is 11.5 Å². The van der Waals surface area contributed by atoms with Crippen molar-refractivity contribution in [3.05, 3.63) is 54.3 Å². The maximum atomic E-state index is 12.7. The van der Waals surface area contributed by atoms with Gasteiger partial charge in [0.25, 0.3) is 5.91 Å². The van der Waals surface area contributed by atoms with E-state index in [2.05, 4.69) is 5.32 Å². The summed E-state index contributed by atoms with van der Waals surface area (Å²) in [6.07, 6.45) is 0. The highest BCUT2D eigenvalue weighted by Gasteiger charge is 2.04. The maximum absolute atomic E-state index is 12.7. The van der Waals surface area contributed by atoms with Gasteiger partial charge in [-0.2, -0.15) is 0 Å². The Balaban J connectivity index is 1.83. The molecule has 4 nitrogen and oxygen atoms in total. The van der Waals surface area contributed by atoms with Crippen molar-refractivity contribution in [3.8, 4) is 11.5 Å². The monoisotopic (exact) mass is 275 g/mol. The molecule has 0 spiro atoms. The molecule has 0 radical (unpaired) electrons. The standard InChI is InChI=1S/C15H14FNO3/c1-19-13-6-8-14(9-7-13)20-10-15(18)17-12-4-2-11(16)3-5-12/h2-9H,10H2,1H3,(H,17,18). The van der Waals surface area contributed by atoms with Crippen LogP contribution < -0.4 is 14.8 Å². The molecule has 104 valence electrons. The second-order valence-corrected chi connectivity index (χ2v) is 4.02. The number of hydrogen-bond donors (Lipinski definition) is 1. The first-order valence-electron chi connectivity index (χ1n) is 5.99. The number of benzene rings is 2. The summed E-state index contributed by atoms with van der Waals surface area (Å²) >= 11 is 0. The average Bonchev–Trinajstić information content (AvgIpc) is 2.48. The topological polar surface area (TPSA) is 47.6 Å². The van der Waals surface area contributed by atoms with Crippen LogP contribution in [0.3, 0.4) is 0 Å². The molecule has 0 aliphatic rings. The third kappa shape index (κ3) is 3.98. The highest BCUT2D eigenvalue weighted by atomic mass is 19.1. The second kappa shape index (κ2) is 6.56. The van der Waals surface area contributed by atoms with Gasteiger partial charge in [-0.3, -0.25) is 4.79 Å². The van der Waals surface area contributed by atoms with Gasteiger partial charge >= 0.3 is 0 Å². The number of amides is 1. The molecule has 0 saturated heterocycles. The Morgan fingerprint density at radius 2 is 1.65 bits per heavy atom. The Morgan fingerprint density at radius 1 is 1.05 bits per heavy atom. The largest absolute Gasteiger partial charge is 0.497 e. The zero-order chi connectivity index (χ0) is 14.4. The quantitative estimate of drug-likeness (QED) is 0.912. The lowest BCUT2D eigenvalue weighted by Crippen LogP contribution is -2.20. The predicted octanol–water partition coefficient (Wildman–Crippen LogP) is 2.85. The molecular formula is C15H14FNO3. The molecule has 2 aromatic rings. The smallest absolute Gasteiger partial charge is 0.262 e. The first-order chi connectivity index (χ1) is 9.67. The lowest BCUT2D eigenvalue weighted by molar-refractivity contribution is -0.118. The van der Waals surface area contributed by atoms with Crippen molar-refractivity contribution in [2.24, 2.45) is 0 Å². The summed E-state index contributed by atoms with van der Waals surface area (Å²) in [7, 11) is 1.58. The van der Waals surface area contributed by atoms with Crippen LogP contribution in [-0.2, 0) is 4.79 Å². The van der Waals surface area contributed by atoms with Crippen molar-refractivity contribution in [2.75, 3.05) is 19.0 Å². The number of nitrogens with one attached hydrogen (secondary N) is 1. The predicted molar refractivity (Wildman–Crippen MR) is 73.5 cm³/mol. The van der Waals surface area contributed by atoms with Crippen molar-refractivity contribution in [2.45, 2.75) is 0 Å². The fourth-order valence-corrected chi connectivity index (χ4v) is 1.55. The Labute approximate surface area is 116 Å². The van der Waals surface area contributed by atoms with E-state index >= 15 is 0 Å². The fraction of sp³-hybridized carbons (Fsp3) is 0.133. The molecule has 0 aliphatic heterocycles. The van der Waals surface area contributed by atoms with Crippen molar-refractivity contribution in [1.29, 1.82) is 0 Å². The molecule has 2 rings (SSSR count). The van der Waals surface area contributed by atoms with Gasteiger partial charge in [-0.25, -0.2) is 4.39 Å². The van der Waals surface area contributed by atoms with Gasteiger partial charge in [0.1, 0.15) is 17.3 Å². The lowest BCUT2D eigenvalue weighted by Gasteiger charge is -2.08. The fourth-order valence-electron chi connectivity index (χ4n) is 1.55. The van der Waals surface area contributed by atoms with Gasteiger partial charge in [-0.1, -0.05) is 0 Å². The molecule has 20 heavy (non-hydrogen) atoms. The minimum atomic E-state index is -0.350. The summed E-state index contributed by atoms with van der Waals surface area (Å²) in [6, 6.07) is 12.4. The second-order valence-electron chi connectivity index (χ2n) is 4.02. The Kier molecular flexibility index (Phi) is 4.55. The van der Waals surface area contributed by atoms with Crippen LogP contribution in [0.25, 0.3) is 0 Å². The van der Waals surface area contributed by atoms with Crippen LogP contribution in [0.2, 0.25) is 0 Å². The van der Waals surface area contributed by atoms with Gasteiger partial charge in [-0.15, -0.1) is 0 Å². The van der Waals surface area contributed by atoms with Gasteiger partial charge in [0, 0.05) is 5.69 Å². The van der Waals surface area contributed by atoms with Crippen LogP contribution in [-0.4, -0.2) is 19.6 Å². The average molecular weight is 275 g/mol. The van der Waals surface area contributed by atoms with Gasteiger partial charge in [0.2, 0.25) is 0 Å². The number of methoxy groups -OCH3 is 1. The van der Waals surface area contributed by atoms with Crippen LogP contribution in [0.15, 0.2) is 48.5 Å². The van der Waals surface area contributed by atoms with E-state index in [4.69, 9.17) is 9.47 Å². The molecule has 5 heteroatoms. The Bertz CT molecular complexity index is 567. The molecule has 0 atom stereocenters. The Morgan fingerprint density at radius 3 is 2.25 bits per heavy atom. The zero-order valence-electron chi connectivity index (χ0n) is 10.9. The van der Waals surface area contributed by atoms with Crippen LogP contribution in [0.4, 0.5) is 10.1 Å². The van der Waals surface area contributed by atoms with E-state index in [1.165, 1.54) is 24.3 Å². The van der Waals surface area contributed by atoms with E-state index in [-0.39, 0.29) is 18.3 Å². The van der Waals surface area contributed by atoms with Crippen molar-refractivity contribution in [1.82, 2.24) is 0 Å². The number of carbonyl (C=O) groups excluding carboxylic acids is 1. The number of hydrogen-bond acceptors (Lipinski definition) is 3. The molecule has 0 heterocycles. The van der Waals surface area contributed by atoms with Gasteiger partial charge in [0.15, 0.2) is 6.61 Å². The molecule has 0 aromatic heterocycles. The third-order valence-corrected chi connectivity index (χ3v) is 2.56. The molecule has 2 aromatic carbocycles. The molecule has 1 amide bonds. The SMILES string of the molecule is COc1ccc(OCC(=O)Nc2ccc(F)cc2)cc1. The van der Waals surface area contributed by atoms with Gasteiger partial charge in [-0.05, 0) is 48.5 Å². The van der Waals surface area contributed by atoms with Crippen molar-refractivity contribution in [3.63, 3.8) is 0 Å².